The molecule has 0 aliphatic heterocycles. The molecular weight excluding hydrogens is 230 g/mol. The van der Waals surface area contributed by atoms with Gasteiger partial charge >= 0.3 is 0 Å². The normalized spacial score (nSPS) is 11.3. The van der Waals surface area contributed by atoms with E-state index in [0.29, 0.717) is 17.0 Å². The van der Waals surface area contributed by atoms with Crippen molar-refractivity contribution in [3.63, 3.8) is 0 Å². The largest absolute Gasteiger partial charge is 0.465 e. The molecule has 0 saturated heterocycles. The summed E-state index contributed by atoms with van der Waals surface area (Å²) in [5.41, 5.74) is 1.04. The van der Waals surface area contributed by atoms with Crippen LogP contribution in [0.25, 0.3) is 11.6 Å². The molecule has 2 aromatic heterocycles. The first-order chi connectivity index (χ1) is 8.68. The second-order valence-electron chi connectivity index (χ2n) is 3.87. The summed E-state index contributed by atoms with van der Waals surface area (Å²) < 4.78 is 5.22. The van der Waals surface area contributed by atoms with E-state index in [1.807, 2.05) is 0 Å². The van der Waals surface area contributed by atoms with Gasteiger partial charge in [0.25, 0.3) is 5.91 Å². The van der Waals surface area contributed by atoms with Crippen molar-refractivity contribution in [3.8, 4) is 0 Å². The van der Waals surface area contributed by atoms with E-state index < -0.39 is 0 Å². The Morgan fingerprint density at radius 2 is 2.22 bits per heavy atom. The highest BCUT2D eigenvalue weighted by atomic mass is 16.3. The van der Waals surface area contributed by atoms with E-state index in [9.17, 15) is 4.79 Å². The predicted molar refractivity (Wildman–Crippen MR) is 67.3 cm³/mol. The molecule has 18 heavy (non-hydrogen) atoms. The Hall–Kier alpha value is -2.43. The van der Waals surface area contributed by atoms with Crippen LogP contribution in [0.1, 0.15) is 11.5 Å². The predicted octanol–water partition coefficient (Wildman–Crippen LogP) is 1.70. The molecule has 1 amide bonds. The Morgan fingerprint density at radius 1 is 1.39 bits per heavy atom. The van der Waals surface area contributed by atoms with Crippen LogP contribution in [0.3, 0.4) is 0 Å². The average molecular weight is 243 g/mol. The fourth-order valence-electron chi connectivity index (χ4n) is 1.45. The minimum Gasteiger partial charge on any atom is -0.465 e. The standard InChI is InChI=1S/C13H13N3O2/c1-16(2)13(17)11(8-10-4-3-7-18-10)12-5-6-14-9-15-12/h3-9H,1-2H3/b11-8+. The van der Waals surface area contributed by atoms with Gasteiger partial charge in [0.15, 0.2) is 0 Å². The highest BCUT2D eigenvalue weighted by Crippen LogP contribution is 2.18. The molecule has 0 saturated carbocycles. The van der Waals surface area contributed by atoms with Crippen LogP contribution in [0.5, 0.6) is 0 Å². The summed E-state index contributed by atoms with van der Waals surface area (Å²) in [5, 5.41) is 0. The van der Waals surface area contributed by atoms with E-state index in [0.717, 1.165) is 0 Å². The van der Waals surface area contributed by atoms with Crippen LogP contribution >= 0.6 is 0 Å². The Balaban J connectivity index is 2.45. The first-order valence-electron chi connectivity index (χ1n) is 5.41. The SMILES string of the molecule is CN(C)C(=O)/C(=C/c1ccco1)c1ccncn1. The maximum Gasteiger partial charge on any atom is 0.255 e. The molecule has 0 atom stereocenters. The fourth-order valence-corrected chi connectivity index (χ4v) is 1.45. The lowest BCUT2D eigenvalue weighted by Gasteiger charge is -2.12. The minimum atomic E-state index is -0.134. The van der Waals surface area contributed by atoms with E-state index >= 15 is 0 Å². The molecule has 5 nitrogen and oxygen atoms in total. The lowest BCUT2D eigenvalue weighted by molar-refractivity contribution is -0.122. The molecule has 2 aromatic rings. The van der Waals surface area contributed by atoms with Crippen LogP contribution in [0.15, 0.2) is 41.4 Å². The minimum absolute atomic E-state index is 0.134. The monoisotopic (exact) mass is 243 g/mol. The summed E-state index contributed by atoms with van der Waals surface area (Å²) in [6.45, 7) is 0. The van der Waals surface area contributed by atoms with Gasteiger partial charge in [-0.15, -0.1) is 0 Å². The lowest BCUT2D eigenvalue weighted by Crippen LogP contribution is -2.23. The van der Waals surface area contributed by atoms with Crippen molar-refractivity contribution in [2.24, 2.45) is 0 Å². The molecule has 2 rings (SSSR count). The molecular formula is C13H13N3O2. The van der Waals surface area contributed by atoms with Gasteiger partial charge in [0.05, 0.1) is 17.5 Å². The summed E-state index contributed by atoms with van der Waals surface area (Å²) in [6, 6.07) is 5.24. The number of likely N-dealkylation sites (N-methyl/N-ethyl adjacent to an activating group) is 1. The van der Waals surface area contributed by atoms with Gasteiger partial charge in [0.2, 0.25) is 0 Å². The number of rotatable bonds is 3. The fraction of sp³-hybridized carbons (Fsp3) is 0.154. The Labute approximate surface area is 105 Å². The zero-order valence-corrected chi connectivity index (χ0v) is 10.2. The van der Waals surface area contributed by atoms with Gasteiger partial charge < -0.3 is 9.32 Å². The quantitative estimate of drug-likeness (QED) is 0.770. The summed E-state index contributed by atoms with van der Waals surface area (Å²) in [7, 11) is 3.39. The first kappa shape index (κ1) is 12.0. The van der Waals surface area contributed by atoms with Crippen LogP contribution in [0.2, 0.25) is 0 Å². The molecule has 0 N–H and O–H groups in total. The van der Waals surface area contributed by atoms with Gasteiger partial charge in [0, 0.05) is 20.3 Å². The van der Waals surface area contributed by atoms with E-state index in [2.05, 4.69) is 9.97 Å². The molecule has 0 radical (unpaired) electrons. The maximum absolute atomic E-state index is 12.1. The topological polar surface area (TPSA) is 59.2 Å². The van der Waals surface area contributed by atoms with Crippen molar-refractivity contribution >= 4 is 17.6 Å². The van der Waals surface area contributed by atoms with E-state index in [1.54, 1.807) is 50.8 Å². The summed E-state index contributed by atoms with van der Waals surface area (Å²) in [4.78, 5) is 21.6. The van der Waals surface area contributed by atoms with Crippen molar-refractivity contribution < 1.29 is 9.21 Å². The van der Waals surface area contributed by atoms with Crippen molar-refractivity contribution in [1.29, 1.82) is 0 Å². The third-order valence-corrected chi connectivity index (χ3v) is 2.32. The van der Waals surface area contributed by atoms with Crippen molar-refractivity contribution in [2.75, 3.05) is 14.1 Å². The zero-order chi connectivity index (χ0) is 13.0. The Kier molecular flexibility index (Phi) is 3.52. The van der Waals surface area contributed by atoms with Gasteiger partial charge in [0.1, 0.15) is 12.1 Å². The first-order valence-corrected chi connectivity index (χ1v) is 5.41. The van der Waals surface area contributed by atoms with Crippen LogP contribution in [-0.4, -0.2) is 34.9 Å². The smallest absolute Gasteiger partial charge is 0.255 e. The molecule has 2 heterocycles. The summed E-state index contributed by atoms with van der Waals surface area (Å²) >= 11 is 0. The molecule has 0 aliphatic rings. The third kappa shape index (κ3) is 2.63. The number of amides is 1. The maximum atomic E-state index is 12.1. The van der Waals surface area contributed by atoms with Crippen LogP contribution in [-0.2, 0) is 4.79 Å². The number of nitrogens with zero attached hydrogens (tertiary/aromatic N) is 3. The molecule has 92 valence electrons. The molecule has 0 aromatic carbocycles. The zero-order valence-electron chi connectivity index (χ0n) is 10.2. The number of hydrogen-bond acceptors (Lipinski definition) is 4. The molecule has 0 bridgehead atoms. The molecule has 0 spiro atoms. The molecule has 0 unspecified atom stereocenters. The van der Waals surface area contributed by atoms with Gasteiger partial charge in [-0.3, -0.25) is 4.79 Å². The summed E-state index contributed by atoms with van der Waals surface area (Å²) in [6.07, 6.45) is 6.24. The Bertz CT molecular complexity index is 545. The Morgan fingerprint density at radius 3 is 2.78 bits per heavy atom. The molecule has 5 heteroatoms. The van der Waals surface area contributed by atoms with Crippen molar-refractivity contribution in [2.45, 2.75) is 0 Å². The van der Waals surface area contributed by atoms with Crippen LogP contribution in [0, 0.1) is 0 Å². The molecule has 0 aliphatic carbocycles. The molecule has 0 fully saturated rings. The van der Waals surface area contributed by atoms with Gasteiger partial charge in [-0.2, -0.15) is 0 Å². The second kappa shape index (κ2) is 5.27. The lowest BCUT2D eigenvalue weighted by atomic mass is 10.1. The second-order valence-corrected chi connectivity index (χ2v) is 3.87. The van der Waals surface area contributed by atoms with Crippen molar-refractivity contribution in [1.82, 2.24) is 14.9 Å². The highest BCUT2D eigenvalue weighted by Gasteiger charge is 2.15. The number of carbonyl (C=O) groups excluding carboxylic acids is 1. The average Bonchev–Trinajstić information content (AvgIpc) is 2.89. The number of furan rings is 1. The highest BCUT2D eigenvalue weighted by molar-refractivity contribution is 6.23. The van der Waals surface area contributed by atoms with E-state index in [4.69, 9.17) is 4.42 Å². The van der Waals surface area contributed by atoms with Crippen molar-refractivity contribution in [3.05, 3.63) is 48.4 Å². The number of carbonyl (C=O) groups is 1. The number of aromatic nitrogens is 2. The van der Waals surface area contributed by atoms with Gasteiger partial charge in [-0.1, -0.05) is 0 Å². The van der Waals surface area contributed by atoms with Gasteiger partial charge in [-0.25, -0.2) is 9.97 Å². The number of hydrogen-bond donors (Lipinski definition) is 0. The summed E-state index contributed by atoms with van der Waals surface area (Å²) in [5.74, 6) is 0.476. The van der Waals surface area contributed by atoms with Crippen LogP contribution in [0.4, 0.5) is 0 Å². The van der Waals surface area contributed by atoms with Crippen LogP contribution < -0.4 is 0 Å². The van der Waals surface area contributed by atoms with Gasteiger partial charge in [-0.05, 0) is 24.3 Å². The van der Waals surface area contributed by atoms with E-state index in [-0.39, 0.29) is 5.91 Å². The third-order valence-electron chi connectivity index (χ3n) is 2.32. The van der Waals surface area contributed by atoms with E-state index in [1.165, 1.54) is 11.2 Å².